The van der Waals surface area contributed by atoms with Gasteiger partial charge in [0.1, 0.15) is 5.82 Å². The van der Waals surface area contributed by atoms with Gasteiger partial charge in [-0.25, -0.2) is 25.2 Å². The van der Waals surface area contributed by atoms with Crippen LogP contribution < -0.4 is 4.72 Å². The number of rotatable bonds is 6. The summed E-state index contributed by atoms with van der Waals surface area (Å²) in [6, 6.07) is 12.9. The number of benzene rings is 2. The first-order valence-electron chi connectivity index (χ1n) is 8.85. The summed E-state index contributed by atoms with van der Waals surface area (Å²) in [5.41, 5.74) is 0.818. The molecule has 4 rings (SSSR count). The fourth-order valence-corrected chi connectivity index (χ4v) is 5.84. The van der Waals surface area contributed by atoms with Gasteiger partial charge in [-0.2, -0.15) is 0 Å². The molecule has 1 heterocycles. The Kier molecular flexibility index (Phi) is 4.74. The fourth-order valence-electron chi connectivity index (χ4n) is 3.02. The minimum atomic E-state index is -4.12. The number of nitrogens with one attached hydrogen (secondary N) is 1. The average Bonchev–Trinajstić information content (AvgIpc) is 3.45. The van der Waals surface area contributed by atoms with Crippen LogP contribution in [0.3, 0.4) is 0 Å². The van der Waals surface area contributed by atoms with Gasteiger partial charge in [0.15, 0.2) is 0 Å². The van der Waals surface area contributed by atoms with Gasteiger partial charge in [-0.3, -0.25) is 4.72 Å². The molecular formula is C20H18FN2O4S2. The molecule has 1 aliphatic carbocycles. The Balaban J connectivity index is 1.77. The standard InChI is InChI=1S/C20H18FN2O4S2/c1-14-11-20(18-7-2-3-8-19(18)21)23(13-14)29(26,27)17-6-4-5-15(12-17)22-28(24,25)16-9-10-16/h2-8,11-13,16,22H,1,9-10H2. The van der Waals surface area contributed by atoms with Crippen molar-refractivity contribution in [3.05, 3.63) is 79.1 Å². The molecule has 3 aromatic rings. The number of anilines is 1. The van der Waals surface area contributed by atoms with Crippen molar-refractivity contribution >= 4 is 25.7 Å². The lowest BCUT2D eigenvalue weighted by molar-refractivity contribution is 0.587. The van der Waals surface area contributed by atoms with E-state index in [0.717, 1.165) is 3.97 Å². The van der Waals surface area contributed by atoms with Crippen LogP contribution in [0, 0.1) is 12.7 Å². The lowest BCUT2D eigenvalue weighted by Crippen LogP contribution is -2.18. The molecule has 1 radical (unpaired) electrons. The Morgan fingerprint density at radius 1 is 1.00 bits per heavy atom. The van der Waals surface area contributed by atoms with E-state index in [9.17, 15) is 21.2 Å². The molecule has 29 heavy (non-hydrogen) atoms. The highest BCUT2D eigenvalue weighted by Crippen LogP contribution is 2.32. The van der Waals surface area contributed by atoms with Crippen molar-refractivity contribution in [3.63, 3.8) is 0 Å². The quantitative estimate of drug-likeness (QED) is 0.643. The molecule has 1 saturated carbocycles. The van der Waals surface area contributed by atoms with Crippen LogP contribution in [-0.4, -0.2) is 26.1 Å². The third kappa shape index (κ3) is 3.79. The molecule has 1 fully saturated rings. The van der Waals surface area contributed by atoms with E-state index in [1.807, 2.05) is 0 Å². The summed E-state index contributed by atoms with van der Waals surface area (Å²) < 4.78 is 68.5. The third-order valence-corrected chi connectivity index (χ3v) is 8.15. The van der Waals surface area contributed by atoms with Gasteiger partial charge in [-0.1, -0.05) is 18.2 Å². The van der Waals surface area contributed by atoms with E-state index < -0.39 is 31.1 Å². The maximum atomic E-state index is 14.3. The maximum Gasteiger partial charge on any atom is 0.268 e. The maximum absolute atomic E-state index is 14.3. The minimum absolute atomic E-state index is 0.122. The number of nitrogens with zero attached hydrogens (tertiary/aromatic N) is 1. The topological polar surface area (TPSA) is 85.2 Å². The summed E-state index contributed by atoms with van der Waals surface area (Å²) in [7, 11) is -7.65. The van der Waals surface area contributed by atoms with Crippen molar-refractivity contribution in [2.45, 2.75) is 23.0 Å². The molecule has 1 aliphatic rings. The molecule has 1 aromatic heterocycles. The summed E-state index contributed by atoms with van der Waals surface area (Å²) >= 11 is 0. The van der Waals surface area contributed by atoms with Crippen LogP contribution in [-0.2, 0) is 20.0 Å². The van der Waals surface area contributed by atoms with Crippen LogP contribution in [0.2, 0.25) is 0 Å². The van der Waals surface area contributed by atoms with Gasteiger partial charge in [-0.15, -0.1) is 0 Å². The molecule has 0 spiro atoms. The van der Waals surface area contributed by atoms with E-state index in [0.29, 0.717) is 18.4 Å². The number of hydrogen-bond acceptors (Lipinski definition) is 4. The van der Waals surface area contributed by atoms with Crippen molar-refractivity contribution in [3.8, 4) is 11.3 Å². The van der Waals surface area contributed by atoms with Crippen LogP contribution in [0.4, 0.5) is 10.1 Å². The van der Waals surface area contributed by atoms with Gasteiger partial charge >= 0.3 is 0 Å². The highest BCUT2D eigenvalue weighted by Gasteiger charge is 2.36. The SMILES string of the molecule is [CH2]c1cc(-c2ccccc2F)n(S(=O)(=O)c2cccc(NS(=O)(=O)C3CC3)c2)c1. The fraction of sp³-hybridized carbons (Fsp3) is 0.150. The molecule has 0 bridgehead atoms. The van der Waals surface area contributed by atoms with Gasteiger partial charge in [-0.05, 0) is 61.7 Å². The van der Waals surface area contributed by atoms with E-state index in [2.05, 4.69) is 11.6 Å². The van der Waals surface area contributed by atoms with E-state index in [-0.39, 0.29) is 21.8 Å². The molecular weight excluding hydrogens is 415 g/mol. The van der Waals surface area contributed by atoms with Gasteiger partial charge in [0.05, 0.1) is 15.8 Å². The molecule has 2 aromatic carbocycles. The average molecular weight is 434 g/mol. The molecule has 0 unspecified atom stereocenters. The molecule has 1 N–H and O–H groups in total. The first-order valence-corrected chi connectivity index (χ1v) is 11.8. The summed E-state index contributed by atoms with van der Waals surface area (Å²) in [4.78, 5) is -0.123. The predicted molar refractivity (Wildman–Crippen MR) is 109 cm³/mol. The highest BCUT2D eigenvalue weighted by atomic mass is 32.2. The van der Waals surface area contributed by atoms with Gasteiger partial charge in [0.2, 0.25) is 10.0 Å². The van der Waals surface area contributed by atoms with E-state index in [1.54, 1.807) is 6.07 Å². The van der Waals surface area contributed by atoms with Gasteiger partial charge in [0.25, 0.3) is 10.0 Å². The van der Waals surface area contributed by atoms with Crippen LogP contribution in [0.25, 0.3) is 11.3 Å². The normalized spacial score (nSPS) is 14.7. The number of halogens is 1. The van der Waals surface area contributed by atoms with Crippen LogP contribution in [0.5, 0.6) is 0 Å². The first-order chi connectivity index (χ1) is 13.7. The number of aromatic nitrogens is 1. The largest absolute Gasteiger partial charge is 0.283 e. The Morgan fingerprint density at radius 3 is 2.41 bits per heavy atom. The molecule has 0 amide bonds. The molecule has 9 heteroatoms. The van der Waals surface area contributed by atoms with Crippen molar-refractivity contribution in [2.75, 3.05) is 4.72 Å². The molecule has 0 aliphatic heterocycles. The van der Waals surface area contributed by atoms with E-state index in [1.165, 1.54) is 54.7 Å². The summed E-state index contributed by atoms with van der Waals surface area (Å²) in [6.45, 7) is 3.76. The monoisotopic (exact) mass is 433 g/mol. The van der Waals surface area contributed by atoms with Crippen molar-refractivity contribution in [1.29, 1.82) is 0 Å². The van der Waals surface area contributed by atoms with Gasteiger partial charge in [0, 0.05) is 17.4 Å². The Morgan fingerprint density at radius 2 is 1.72 bits per heavy atom. The Labute approximate surface area is 169 Å². The zero-order valence-electron chi connectivity index (χ0n) is 15.2. The van der Waals surface area contributed by atoms with Gasteiger partial charge < -0.3 is 0 Å². The predicted octanol–water partition coefficient (Wildman–Crippen LogP) is 3.62. The Hall–Kier alpha value is -2.65. The van der Waals surface area contributed by atoms with Crippen molar-refractivity contribution in [2.24, 2.45) is 0 Å². The second-order valence-corrected chi connectivity index (χ2v) is 10.7. The lowest BCUT2D eigenvalue weighted by atomic mass is 10.1. The number of sulfonamides is 1. The van der Waals surface area contributed by atoms with Crippen LogP contribution >= 0.6 is 0 Å². The zero-order valence-corrected chi connectivity index (χ0v) is 16.9. The molecule has 6 nitrogen and oxygen atoms in total. The zero-order chi connectivity index (χ0) is 20.8. The first kappa shape index (κ1) is 19.7. The molecule has 0 saturated heterocycles. The van der Waals surface area contributed by atoms with E-state index >= 15 is 0 Å². The van der Waals surface area contributed by atoms with Crippen LogP contribution in [0.15, 0.2) is 65.7 Å². The molecule has 0 atom stereocenters. The third-order valence-electron chi connectivity index (χ3n) is 4.61. The lowest BCUT2D eigenvalue weighted by Gasteiger charge is -2.13. The summed E-state index contributed by atoms with van der Waals surface area (Å²) in [5.74, 6) is -0.562. The summed E-state index contributed by atoms with van der Waals surface area (Å²) in [5, 5.41) is -0.436. The van der Waals surface area contributed by atoms with E-state index in [4.69, 9.17) is 0 Å². The minimum Gasteiger partial charge on any atom is -0.283 e. The summed E-state index contributed by atoms with van der Waals surface area (Å²) in [6.07, 6.45) is 2.49. The second-order valence-electron chi connectivity index (χ2n) is 6.89. The highest BCUT2D eigenvalue weighted by molar-refractivity contribution is 7.93. The second kappa shape index (κ2) is 7.00. The molecule has 151 valence electrons. The van der Waals surface area contributed by atoms with Crippen LogP contribution in [0.1, 0.15) is 18.4 Å². The smallest absolute Gasteiger partial charge is 0.268 e. The number of hydrogen-bond donors (Lipinski definition) is 1. The van der Waals surface area contributed by atoms with Crippen molar-refractivity contribution < 1.29 is 21.2 Å². The Bertz CT molecular complexity index is 1290. The van der Waals surface area contributed by atoms with Crippen molar-refractivity contribution in [1.82, 2.24) is 3.97 Å².